The molecule has 1 heterocycles. The molecule has 158 valence electrons. The van der Waals surface area contributed by atoms with Gasteiger partial charge >= 0.3 is 12.1 Å². The van der Waals surface area contributed by atoms with E-state index >= 15 is 0 Å². The van der Waals surface area contributed by atoms with Crippen molar-refractivity contribution in [1.29, 1.82) is 0 Å². The summed E-state index contributed by atoms with van der Waals surface area (Å²) in [5.74, 6) is -3.98. The minimum atomic E-state index is -1.65. The number of nitrogens with two attached hydrogens (primary N) is 2. The first kappa shape index (κ1) is 23.3. The van der Waals surface area contributed by atoms with E-state index in [0.717, 1.165) is 4.90 Å². The van der Waals surface area contributed by atoms with Crippen LogP contribution in [0.25, 0.3) is 0 Å². The number of rotatable bonds is 6. The van der Waals surface area contributed by atoms with E-state index in [0.29, 0.717) is 11.3 Å². The van der Waals surface area contributed by atoms with Crippen LogP contribution in [0.1, 0.15) is 47.0 Å². The molecule has 11 nitrogen and oxygen atoms in total. The maximum Gasteiger partial charge on any atom is 0.417 e. The summed E-state index contributed by atoms with van der Waals surface area (Å²) in [7, 11) is 0. The van der Waals surface area contributed by atoms with Gasteiger partial charge in [-0.1, -0.05) is 0 Å². The van der Waals surface area contributed by atoms with Gasteiger partial charge in [-0.3, -0.25) is 14.4 Å². The van der Waals surface area contributed by atoms with E-state index in [1.165, 1.54) is 6.92 Å². The quantitative estimate of drug-likeness (QED) is 0.530. The number of ether oxygens (including phenoxy) is 1. The number of likely N-dealkylation sites (tertiary alicyclic amines) is 1. The zero-order chi connectivity index (χ0) is 21.8. The second kappa shape index (κ2) is 9.00. The van der Waals surface area contributed by atoms with Gasteiger partial charge < -0.3 is 26.2 Å². The van der Waals surface area contributed by atoms with Crippen LogP contribution in [-0.4, -0.2) is 75.0 Å². The predicted octanol–water partition coefficient (Wildman–Crippen LogP) is -0.583. The number of carboxylic acids is 1. The molecule has 1 saturated heterocycles. The van der Waals surface area contributed by atoms with E-state index in [4.69, 9.17) is 16.2 Å². The highest BCUT2D eigenvalue weighted by Gasteiger charge is 2.44. The maximum absolute atomic E-state index is 13.0. The van der Waals surface area contributed by atoms with E-state index in [-0.39, 0.29) is 13.0 Å². The fraction of sp³-hybridized carbons (Fsp3) is 0.706. The number of aliphatic carboxylic acids is 1. The van der Waals surface area contributed by atoms with Gasteiger partial charge in [-0.15, -0.1) is 0 Å². The Balaban J connectivity index is 3.34. The van der Waals surface area contributed by atoms with E-state index in [1.807, 2.05) is 0 Å². The Morgan fingerprint density at radius 2 is 1.82 bits per heavy atom. The minimum Gasteiger partial charge on any atom is -0.480 e. The van der Waals surface area contributed by atoms with Crippen molar-refractivity contribution in [2.24, 2.45) is 11.5 Å². The highest BCUT2D eigenvalue weighted by atomic mass is 16.6. The first-order chi connectivity index (χ1) is 12.8. The largest absolute Gasteiger partial charge is 0.480 e. The molecule has 0 bridgehead atoms. The standard InChI is InChI=1S/C17H28N4O7/c1-9(18)13(23)21(16(27)28-17(2,3)4)11(8-12(19)22)14(24)20-7-5-6-10(20)15(25)26/h9-11H,5-8,18H2,1-4H3,(H2,19,22)(H,25,26)/t9-,10-,11-/m0/s1. The lowest BCUT2D eigenvalue weighted by Gasteiger charge is -2.34. The van der Waals surface area contributed by atoms with Crippen molar-refractivity contribution >= 4 is 29.8 Å². The van der Waals surface area contributed by atoms with Crippen LogP contribution in [-0.2, 0) is 23.9 Å². The molecule has 0 saturated carbocycles. The average Bonchev–Trinajstić information content (AvgIpc) is 3.00. The summed E-state index contributed by atoms with van der Waals surface area (Å²) in [6.07, 6.45) is -1.20. The van der Waals surface area contributed by atoms with Gasteiger partial charge in [-0.2, -0.15) is 0 Å². The van der Waals surface area contributed by atoms with Crippen LogP contribution in [0, 0.1) is 0 Å². The lowest BCUT2D eigenvalue weighted by molar-refractivity contribution is -0.153. The number of primary amides is 1. The molecule has 1 aliphatic rings. The number of hydrogen-bond acceptors (Lipinski definition) is 7. The number of nitrogens with zero attached hydrogens (tertiary/aromatic N) is 2. The van der Waals surface area contributed by atoms with Gasteiger partial charge in [-0.25, -0.2) is 14.5 Å². The molecule has 11 heteroatoms. The molecule has 1 aliphatic heterocycles. The number of amides is 4. The molecule has 3 atom stereocenters. The lowest BCUT2D eigenvalue weighted by atomic mass is 10.1. The molecule has 0 aromatic carbocycles. The third-order valence-electron chi connectivity index (χ3n) is 4.03. The number of carbonyl (C=O) groups is 5. The van der Waals surface area contributed by atoms with E-state index in [2.05, 4.69) is 0 Å². The van der Waals surface area contributed by atoms with Crippen LogP contribution in [0.3, 0.4) is 0 Å². The van der Waals surface area contributed by atoms with Gasteiger partial charge in [0.25, 0.3) is 0 Å². The van der Waals surface area contributed by atoms with Gasteiger partial charge in [0.15, 0.2) is 0 Å². The Labute approximate surface area is 162 Å². The smallest absolute Gasteiger partial charge is 0.417 e. The van der Waals surface area contributed by atoms with Gasteiger partial charge in [0.05, 0.1) is 12.5 Å². The molecule has 4 amide bonds. The fourth-order valence-corrected chi connectivity index (χ4v) is 2.86. The van der Waals surface area contributed by atoms with Crippen LogP contribution >= 0.6 is 0 Å². The molecule has 28 heavy (non-hydrogen) atoms. The van der Waals surface area contributed by atoms with Crippen molar-refractivity contribution in [2.75, 3.05) is 6.54 Å². The van der Waals surface area contributed by atoms with E-state index in [1.54, 1.807) is 20.8 Å². The summed E-state index contributed by atoms with van der Waals surface area (Å²) in [6, 6.07) is -3.94. The minimum absolute atomic E-state index is 0.111. The van der Waals surface area contributed by atoms with Crippen molar-refractivity contribution in [2.45, 2.75) is 70.7 Å². The SMILES string of the molecule is C[C@H](N)C(=O)N(C(=O)OC(C)(C)C)[C@@H](CC(N)=O)C(=O)N1CCC[C@H]1C(=O)O. The topological polar surface area (TPSA) is 173 Å². The molecule has 0 aromatic rings. The fourth-order valence-electron chi connectivity index (χ4n) is 2.86. The normalized spacial score (nSPS) is 18.9. The molecular formula is C17H28N4O7. The number of imide groups is 1. The van der Waals surface area contributed by atoms with Gasteiger partial charge in [0.1, 0.15) is 17.7 Å². The summed E-state index contributed by atoms with van der Waals surface area (Å²) in [5.41, 5.74) is 9.83. The maximum atomic E-state index is 13.0. The van der Waals surface area contributed by atoms with E-state index < -0.39 is 59.9 Å². The van der Waals surface area contributed by atoms with E-state index in [9.17, 15) is 29.1 Å². The Kier molecular flexibility index (Phi) is 7.51. The summed E-state index contributed by atoms with van der Waals surface area (Å²) in [5, 5.41) is 9.32. The second-order valence-corrected chi connectivity index (χ2v) is 7.69. The second-order valence-electron chi connectivity index (χ2n) is 7.69. The summed E-state index contributed by atoms with van der Waals surface area (Å²) < 4.78 is 5.19. The van der Waals surface area contributed by atoms with Gasteiger partial charge in [0, 0.05) is 6.54 Å². The Bertz CT molecular complexity index is 656. The number of carboxylic acid groups (broad SMARTS) is 1. The van der Waals surface area contributed by atoms with Crippen LogP contribution in [0.2, 0.25) is 0 Å². The van der Waals surface area contributed by atoms with Crippen molar-refractivity contribution in [3.05, 3.63) is 0 Å². The lowest BCUT2D eigenvalue weighted by Crippen LogP contribution is -2.59. The highest BCUT2D eigenvalue weighted by molar-refractivity contribution is 6.02. The molecule has 0 radical (unpaired) electrons. The summed E-state index contributed by atoms with van der Waals surface area (Å²) in [4.78, 5) is 62.8. The molecule has 0 aromatic heterocycles. The number of hydrogen-bond donors (Lipinski definition) is 3. The zero-order valence-corrected chi connectivity index (χ0v) is 16.5. The Morgan fingerprint density at radius 3 is 2.25 bits per heavy atom. The molecule has 0 unspecified atom stereocenters. The summed E-state index contributed by atoms with van der Waals surface area (Å²) in [6.45, 7) is 6.10. The average molecular weight is 400 g/mol. The highest BCUT2D eigenvalue weighted by Crippen LogP contribution is 2.23. The van der Waals surface area contributed by atoms with Gasteiger partial charge in [-0.05, 0) is 40.5 Å². The molecule has 5 N–H and O–H groups in total. The van der Waals surface area contributed by atoms with Crippen molar-refractivity contribution in [3.63, 3.8) is 0 Å². The van der Waals surface area contributed by atoms with Crippen LogP contribution in [0.5, 0.6) is 0 Å². The molecule has 0 aliphatic carbocycles. The Hall–Kier alpha value is -2.69. The summed E-state index contributed by atoms with van der Waals surface area (Å²) >= 11 is 0. The van der Waals surface area contributed by atoms with Crippen LogP contribution in [0.4, 0.5) is 4.79 Å². The van der Waals surface area contributed by atoms with Crippen LogP contribution < -0.4 is 11.5 Å². The Morgan fingerprint density at radius 1 is 1.25 bits per heavy atom. The van der Waals surface area contributed by atoms with Crippen molar-refractivity contribution in [3.8, 4) is 0 Å². The monoisotopic (exact) mass is 400 g/mol. The molecule has 1 rings (SSSR count). The number of carbonyl (C=O) groups excluding carboxylic acids is 4. The van der Waals surface area contributed by atoms with Crippen molar-refractivity contribution in [1.82, 2.24) is 9.80 Å². The van der Waals surface area contributed by atoms with Crippen molar-refractivity contribution < 1.29 is 33.8 Å². The zero-order valence-electron chi connectivity index (χ0n) is 16.5. The first-order valence-corrected chi connectivity index (χ1v) is 8.89. The third-order valence-corrected chi connectivity index (χ3v) is 4.03. The first-order valence-electron chi connectivity index (χ1n) is 8.89. The van der Waals surface area contributed by atoms with Gasteiger partial charge in [0.2, 0.25) is 17.7 Å². The molecule has 1 fully saturated rings. The van der Waals surface area contributed by atoms with Crippen LogP contribution in [0.15, 0.2) is 0 Å². The predicted molar refractivity (Wildman–Crippen MR) is 96.7 cm³/mol. The molecule has 0 spiro atoms. The molecular weight excluding hydrogens is 372 g/mol. The third kappa shape index (κ3) is 5.91.